The van der Waals surface area contributed by atoms with Crippen molar-refractivity contribution in [2.45, 2.75) is 11.1 Å². The van der Waals surface area contributed by atoms with Crippen LogP contribution in [0.2, 0.25) is 0 Å². The van der Waals surface area contributed by atoms with Crippen LogP contribution >= 0.6 is 0 Å². The van der Waals surface area contributed by atoms with E-state index in [1.165, 1.54) is 31.4 Å². The molecule has 3 rings (SSSR count). The van der Waals surface area contributed by atoms with E-state index in [4.69, 9.17) is 4.74 Å². The minimum Gasteiger partial charge on any atom is -0.495 e. The van der Waals surface area contributed by atoms with E-state index in [-0.39, 0.29) is 22.0 Å². The highest BCUT2D eigenvalue weighted by atomic mass is 32.2. The quantitative estimate of drug-likeness (QED) is 0.567. The summed E-state index contributed by atoms with van der Waals surface area (Å²) in [6, 6.07) is 16.1. The van der Waals surface area contributed by atoms with Gasteiger partial charge in [0.05, 0.1) is 12.7 Å². The molecule has 0 atom stereocenters. The average molecular weight is 450 g/mol. The fraction of sp³-hybridized carbons (Fsp3) is 0.0952. The van der Waals surface area contributed by atoms with Gasteiger partial charge in [0.1, 0.15) is 10.6 Å². The fourth-order valence-corrected chi connectivity index (χ4v) is 3.93. The van der Waals surface area contributed by atoms with Crippen LogP contribution < -0.4 is 14.8 Å². The van der Waals surface area contributed by atoms with E-state index < -0.39 is 27.7 Å². The molecule has 0 saturated heterocycles. The molecule has 0 spiro atoms. The number of anilines is 2. The van der Waals surface area contributed by atoms with Crippen molar-refractivity contribution in [2.24, 2.45) is 0 Å². The molecule has 10 heteroatoms. The number of alkyl halides is 3. The minimum atomic E-state index is -4.61. The van der Waals surface area contributed by atoms with E-state index in [0.29, 0.717) is 11.6 Å². The number of hydrogen-bond donors (Lipinski definition) is 2. The second-order valence-electron chi connectivity index (χ2n) is 6.37. The Bertz CT molecular complexity index is 1200. The molecule has 0 aromatic heterocycles. The summed E-state index contributed by atoms with van der Waals surface area (Å²) >= 11 is 0. The van der Waals surface area contributed by atoms with E-state index in [9.17, 15) is 26.4 Å². The Labute approximate surface area is 176 Å². The van der Waals surface area contributed by atoms with Crippen molar-refractivity contribution in [3.8, 4) is 5.75 Å². The highest BCUT2D eigenvalue weighted by Crippen LogP contribution is 2.33. The molecule has 0 radical (unpaired) electrons. The second kappa shape index (κ2) is 8.68. The number of ether oxygens (including phenoxy) is 1. The Kier molecular flexibility index (Phi) is 6.21. The summed E-state index contributed by atoms with van der Waals surface area (Å²) in [5.41, 5.74) is -0.551. The third kappa shape index (κ3) is 5.34. The van der Waals surface area contributed by atoms with Gasteiger partial charge in [0.15, 0.2) is 0 Å². The van der Waals surface area contributed by atoms with Gasteiger partial charge in [-0.2, -0.15) is 13.2 Å². The molecule has 0 unspecified atom stereocenters. The number of carbonyl (C=O) groups is 1. The van der Waals surface area contributed by atoms with Gasteiger partial charge in [-0.15, -0.1) is 0 Å². The lowest BCUT2D eigenvalue weighted by Crippen LogP contribution is -2.16. The van der Waals surface area contributed by atoms with Crippen LogP contribution in [0.3, 0.4) is 0 Å². The zero-order valence-corrected chi connectivity index (χ0v) is 16.9. The van der Waals surface area contributed by atoms with Crippen molar-refractivity contribution in [1.82, 2.24) is 0 Å². The summed E-state index contributed by atoms with van der Waals surface area (Å²) in [6.07, 6.45) is -4.61. The van der Waals surface area contributed by atoms with Crippen molar-refractivity contribution in [3.63, 3.8) is 0 Å². The average Bonchev–Trinajstić information content (AvgIpc) is 2.73. The van der Waals surface area contributed by atoms with Gasteiger partial charge in [0.2, 0.25) is 0 Å². The molecule has 0 heterocycles. The van der Waals surface area contributed by atoms with Gasteiger partial charge in [-0.05, 0) is 42.5 Å². The molecule has 0 fully saturated rings. The molecule has 2 N–H and O–H groups in total. The number of methoxy groups -OCH3 is 1. The third-order valence-corrected chi connectivity index (χ3v) is 5.61. The summed E-state index contributed by atoms with van der Waals surface area (Å²) in [5.74, 6) is -0.495. The van der Waals surface area contributed by atoms with Gasteiger partial charge in [-0.1, -0.05) is 24.3 Å². The van der Waals surface area contributed by atoms with Crippen LogP contribution in [0.15, 0.2) is 77.7 Å². The molecule has 1 amide bonds. The molecular formula is C21H17F3N2O4S. The van der Waals surface area contributed by atoms with Gasteiger partial charge in [0, 0.05) is 23.0 Å². The number of carbonyl (C=O) groups excluding carboxylic acids is 1. The summed E-state index contributed by atoms with van der Waals surface area (Å²) in [7, 11) is -3.03. The van der Waals surface area contributed by atoms with E-state index in [0.717, 1.165) is 12.1 Å². The molecule has 0 aliphatic rings. The zero-order valence-electron chi connectivity index (χ0n) is 16.1. The predicted molar refractivity (Wildman–Crippen MR) is 110 cm³/mol. The van der Waals surface area contributed by atoms with Crippen LogP contribution in [-0.2, 0) is 16.2 Å². The van der Waals surface area contributed by atoms with Crippen molar-refractivity contribution in [3.05, 3.63) is 83.9 Å². The first-order valence-corrected chi connectivity index (χ1v) is 10.3. The molecule has 0 bridgehead atoms. The van der Waals surface area contributed by atoms with Gasteiger partial charge in [0.25, 0.3) is 15.9 Å². The van der Waals surface area contributed by atoms with Crippen LogP contribution in [0.1, 0.15) is 15.9 Å². The van der Waals surface area contributed by atoms with Gasteiger partial charge in [-0.3, -0.25) is 9.52 Å². The maximum Gasteiger partial charge on any atom is 0.416 e. The lowest BCUT2D eigenvalue weighted by molar-refractivity contribution is -0.137. The first kappa shape index (κ1) is 22.2. The maximum absolute atomic E-state index is 12.9. The van der Waals surface area contributed by atoms with Crippen LogP contribution in [0.4, 0.5) is 24.5 Å². The molecular weight excluding hydrogens is 433 g/mol. The summed E-state index contributed by atoms with van der Waals surface area (Å²) in [5, 5.41) is 2.63. The molecule has 31 heavy (non-hydrogen) atoms. The fourth-order valence-electron chi connectivity index (χ4n) is 2.73. The number of sulfonamides is 1. The third-order valence-electron chi connectivity index (χ3n) is 4.19. The van der Waals surface area contributed by atoms with Crippen molar-refractivity contribution in [2.75, 3.05) is 17.1 Å². The van der Waals surface area contributed by atoms with E-state index >= 15 is 0 Å². The monoisotopic (exact) mass is 450 g/mol. The summed E-state index contributed by atoms with van der Waals surface area (Å²) in [6.45, 7) is 0. The lowest BCUT2D eigenvalue weighted by Gasteiger charge is -2.14. The molecule has 3 aromatic rings. The van der Waals surface area contributed by atoms with Crippen LogP contribution in [0.25, 0.3) is 0 Å². The minimum absolute atomic E-state index is 0.0923. The first-order chi connectivity index (χ1) is 14.6. The lowest BCUT2D eigenvalue weighted by atomic mass is 10.2. The molecule has 3 aromatic carbocycles. The number of benzene rings is 3. The van der Waals surface area contributed by atoms with Crippen molar-refractivity contribution >= 4 is 27.3 Å². The van der Waals surface area contributed by atoms with Gasteiger partial charge >= 0.3 is 6.18 Å². The molecule has 6 nitrogen and oxygen atoms in total. The Morgan fingerprint density at radius 3 is 2.26 bits per heavy atom. The predicted octanol–water partition coefficient (Wildman–Crippen LogP) is 4.77. The van der Waals surface area contributed by atoms with E-state index in [1.54, 1.807) is 30.3 Å². The van der Waals surface area contributed by atoms with E-state index in [1.807, 2.05) is 0 Å². The molecule has 0 aliphatic carbocycles. The van der Waals surface area contributed by atoms with Gasteiger partial charge < -0.3 is 10.1 Å². The normalized spacial score (nSPS) is 11.6. The highest BCUT2D eigenvalue weighted by molar-refractivity contribution is 7.92. The zero-order chi connectivity index (χ0) is 22.6. The SMILES string of the molecule is COc1cc(NC(=O)c2ccccc2)ccc1S(=O)(=O)Nc1cccc(C(F)(F)F)c1. The smallest absolute Gasteiger partial charge is 0.416 e. The molecule has 0 saturated carbocycles. The molecule has 0 aliphatic heterocycles. The standard InChI is InChI=1S/C21H17F3N2O4S/c1-30-18-13-16(25-20(27)14-6-3-2-4-7-14)10-11-19(18)31(28,29)26-17-9-5-8-15(12-17)21(22,23)24/h2-13,26H,1H3,(H,25,27). The topological polar surface area (TPSA) is 84.5 Å². The number of amides is 1. The number of halogens is 3. The van der Waals surface area contributed by atoms with Gasteiger partial charge in [-0.25, -0.2) is 8.42 Å². The number of rotatable bonds is 6. The Morgan fingerprint density at radius 1 is 0.903 bits per heavy atom. The molecule has 162 valence electrons. The Hall–Kier alpha value is -3.53. The first-order valence-electron chi connectivity index (χ1n) is 8.85. The van der Waals surface area contributed by atoms with Crippen LogP contribution in [0.5, 0.6) is 5.75 Å². The summed E-state index contributed by atoms with van der Waals surface area (Å²) < 4.78 is 71.4. The number of hydrogen-bond acceptors (Lipinski definition) is 4. The largest absolute Gasteiger partial charge is 0.495 e. The Balaban J connectivity index is 1.86. The van der Waals surface area contributed by atoms with Crippen LogP contribution in [-0.4, -0.2) is 21.4 Å². The maximum atomic E-state index is 12.9. The van der Waals surface area contributed by atoms with E-state index in [2.05, 4.69) is 10.0 Å². The van der Waals surface area contributed by atoms with Crippen LogP contribution in [0, 0.1) is 0 Å². The second-order valence-corrected chi connectivity index (χ2v) is 8.02. The van der Waals surface area contributed by atoms with Crippen molar-refractivity contribution in [1.29, 1.82) is 0 Å². The highest BCUT2D eigenvalue weighted by Gasteiger charge is 2.31. The summed E-state index contributed by atoms with van der Waals surface area (Å²) in [4.78, 5) is 12.0. The Morgan fingerprint density at radius 2 is 1.61 bits per heavy atom. The number of nitrogens with one attached hydrogen (secondary N) is 2. The van der Waals surface area contributed by atoms with Crippen molar-refractivity contribution < 1.29 is 31.1 Å².